The van der Waals surface area contributed by atoms with Crippen LogP contribution in [0.25, 0.3) is 0 Å². The molecule has 0 aliphatic carbocycles. The lowest BCUT2D eigenvalue weighted by Gasteiger charge is -2.13. The van der Waals surface area contributed by atoms with Gasteiger partial charge < -0.3 is 5.11 Å². The number of hydrogen-bond donors (Lipinski definition) is 4. The van der Waals surface area contributed by atoms with Crippen molar-refractivity contribution in [3.8, 4) is 0 Å². The zero-order valence-electron chi connectivity index (χ0n) is 13.8. The van der Waals surface area contributed by atoms with Crippen molar-refractivity contribution in [2.75, 3.05) is 18.6 Å². The van der Waals surface area contributed by atoms with Crippen molar-refractivity contribution in [3.63, 3.8) is 0 Å². The van der Waals surface area contributed by atoms with E-state index >= 15 is 0 Å². The molecule has 0 radical (unpaired) electrons. The largest absolute Gasteiger partial charge is 0.395 e. The van der Waals surface area contributed by atoms with Gasteiger partial charge in [0.1, 0.15) is 5.82 Å². The maximum Gasteiger partial charge on any atom is 0.209 e. The van der Waals surface area contributed by atoms with Crippen LogP contribution in [-0.4, -0.2) is 59.5 Å². The minimum atomic E-state index is -3.50. The zero-order valence-corrected chi connectivity index (χ0v) is 17.0. The molecule has 1 aromatic heterocycles. The number of aliphatic hydroxyl groups excluding tert-OH is 1. The van der Waals surface area contributed by atoms with Crippen molar-refractivity contribution in [1.82, 2.24) is 20.5 Å². The third-order valence-corrected chi connectivity index (χ3v) is 5.43. The van der Waals surface area contributed by atoms with Gasteiger partial charge in [-0.3, -0.25) is 10.7 Å². The first-order valence-electron chi connectivity index (χ1n) is 7.21. The Morgan fingerprint density at radius 3 is 2.81 bits per heavy atom. The quantitative estimate of drug-likeness (QED) is 0.186. The van der Waals surface area contributed by atoms with E-state index in [0.29, 0.717) is 5.69 Å². The molecule has 1 aromatic carbocycles. The van der Waals surface area contributed by atoms with Crippen molar-refractivity contribution in [2.24, 2.45) is 4.99 Å². The highest BCUT2D eigenvalue weighted by molar-refractivity contribution is 9.10. The Hall–Kier alpha value is -1.58. The standard InChI is InChI=1S/C13H15BrFN5O5S2/c1-27(23,24)20-8(5-21)6-26-13-11(18-25-19-13)12(17-22)16-7-2-3-10(15)9(14)4-7/h2-4,8,20-22H,5-6H2,1H3,(H,16,17)/t8-/m1/s1. The molecule has 0 fully saturated rings. The van der Waals surface area contributed by atoms with Gasteiger partial charge >= 0.3 is 0 Å². The third-order valence-electron chi connectivity index (χ3n) is 2.96. The molecule has 0 unspecified atom stereocenters. The Balaban J connectivity index is 2.20. The molecule has 0 bridgehead atoms. The van der Waals surface area contributed by atoms with Gasteiger partial charge in [-0.1, -0.05) is 11.8 Å². The van der Waals surface area contributed by atoms with E-state index in [9.17, 15) is 23.1 Å². The zero-order chi connectivity index (χ0) is 20.0. The summed E-state index contributed by atoms with van der Waals surface area (Å²) >= 11 is 4.07. The van der Waals surface area contributed by atoms with E-state index in [-0.39, 0.29) is 26.8 Å². The number of thioether (sulfide) groups is 1. The first-order valence-corrected chi connectivity index (χ1v) is 10.9. The molecule has 0 spiro atoms. The summed E-state index contributed by atoms with van der Waals surface area (Å²) in [6, 6.07) is 3.21. The molecular weight excluding hydrogens is 469 g/mol. The summed E-state index contributed by atoms with van der Waals surface area (Å²) in [5.41, 5.74) is 2.24. The summed E-state index contributed by atoms with van der Waals surface area (Å²) in [7, 11) is -3.50. The number of benzene rings is 1. The Bertz CT molecular complexity index is 924. The van der Waals surface area contributed by atoms with Crippen LogP contribution >= 0.6 is 27.7 Å². The van der Waals surface area contributed by atoms with Gasteiger partial charge in [-0.25, -0.2) is 27.2 Å². The summed E-state index contributed by atoms with van der Waals surface area (Å²) in [5.74, 6) is -0.472. The summed E-state index contributed by atoms with van der Waals surface area (Å²) in [6.07, 6.45) is 0.977. The topological polar surface area (TPSA) is 150 Å². The number of aromatic nitrogens is 2. The number of halogens is 2. The fourth-order valence-electron chi connectivity index (χ4n) is 1.84. The fraction of sp³-hybridized carbons (Fsp3) is 0.308. The molecule has 1 atom stereocenters. The number of aliphatic hydroxyl groups is 1. The average molecular weight is 484 g/mol. The number of hydroxylamine groups is 1. The Morgan fingerprint density at radius 1 is 1.48 bits per heavy atom. The first kappa shape index (κ1) is 21.7. The van der Waals surface area contributed by atoms with E-state index in [1.54, 1.807) is 0 Å². The van der Waals surface area contributed by atoms with Crippen molar-refractivity contribution in [2.45, 2.75) is 11.1 Å². The molecule has 2 aromatic rings. The van der Waals surface area contributed by atoms with Gasteiger partial charge in [-0.15, -0.1) is 0 Å². The van der Waals surface area contributed by atoms with E-state index in [2.05, 4.69) is 40.6 Å². The molecular formula is C13H15BrFN5O5S2. The molecule has 27 heavy (non-hydrogen) atoms. The van der Waals surface area contributed by atoms with E-state index in [1.807, 2.05) is 5.48 Å². The van der Waals surface area contributed by atoms with Crippen LogP contribution in [0.2, 0.25) is 0 Å². The molecule has 0 saturated heterocycles. The number of amidine groups is 1. The maximum atomic E-state index is 13.3. The van der Waals surface area contributed by atoms with Gasteiger partial charge in [0.05, 0.1) is 29.1 Å². The van der Waals surface area contributed by atoms with Crippen molar-refractivity contribution >= 4 is 49.2 Å². The van der Waals surface area contributed by atoms with Crippen LogP contribution in [0.5, 0.6) is 0 Å². The van der Waals surface area contributed by atoms with Gasteiger partial charge in [0.15, 0.2) is 16.6 Å². The second kappa shape index (κ2) is 9.57. The minimum Gasteiger partial charge on any atom is -0.395 e. The van der Waals surface area contributed by atoms with Crippen LogP contribution in [0.15, 0.2) is 37.3 Å². The van der Waals surface area contributed by atoms with Crippen LogP contribution in [0.4, 0.5) is 10.1 Å². The molecule has 0 aliphatic heterocycles. The van der Waals surface area contributed by atoms with E-state index in [1.165, 1.54) is 18.2 Å². The highest BCUT2D eigenvalue weighted by atomic mass is 79.9. The number of aliphatic imine (C=N–C) groups is 1. The molecule has 10 nitrogen and oxygen atoms in total. The van der Waals surface area contributed by atoms with E-state index in [4.69, 9.17) is 0 Å². The molecule has 2 rings (SSSR count). The minimum absolute atomic E-state index is 0.0546. The number of nitrogens with one attached hydrogen (secondary N) is 2. The Morgan fingerprint density at radius 2 is 2.22 bits per heavy atom. The molecule has 0 aliphatic rings. The predicted octanol–water partition coefficient (Wildman–Crippen LogP) is 1.03. The second-order valence-electron chi connectivity index (χ2n) is 5.17. The number of sulfonamides is 1. The predicted molar refractivity (Wildman–Crippen MR) is 99.1 cm³/mol. The Kier molecular flexibility index (Phi) is 7.69. The summed E-state index contributed by atoms with van der Waals surface area (Å²) in [4.78, 5) is 4.11. The number of nitrogens with zero attached hydrogens (tertiary/aromatic N) is 3. The monoisotopic (exact) mass is 483 g/mol. The van der Waals surface area contributed by atoms with E-state index in [0.717, 1.165) is 18.0 Å². The van der Waals surface area contributed by atoms with Gasteiger partial charge in [0.2, 0.25) is 10.0 Å². The lowest BCUT2D eigenvalue weighted by Crippen LogP contribution is -2.38. The lowest BCUT2D eigenvalue weighted by atomic mass is 10.3. The van der Waals surface area contributed by atoms with Crippen LogP contribution in [0.1, 0.15) is 5.69 Å². The molecule has 148 valence electrons. The maximum absolute atomic E-state index is 13.3. The first-order chi connectivity index (χ1) is 12.7. The summed E-state index contributed by atoms with van der Waals surface area (Å²) in [5, 5.41) is 26.2. The number of hydrogen-bond acceptors (Lipinski definition) is 9. The number of rotatable bonds is 8. The molecule has 1 heterocycles. The second-order valence-corrected chi connectivity index (χ2v) is 8.81. The highest BCUT2D eigenvalue weighted by Crippen LogP contribution is 2.24. The smallest absolute Gasteiger partial charge is 0.209 e. The fourth-order valence-corrected chi connectivity index (χ4v) is 3.98. The lowest BCUT2D eigenvalue weighted by molar-refractivity contribution is 0.234. The van der Waals surface area contributed by atoms with Crippen LogP contribution < -0.4 is 10.2 Å². The van der Waals surface area contributed by atoms with Gasteiger partial charge in [-0.05, 0) is 44.4 Å². The van der Waals surface area contributed by atoms with Crippen molar-refractivity contribution in [3.05, 3.63) is 34.2 Å². The average Bonchev–Trinajstić information content (AvgIpc) is 3.07. The molecule has 0 amide bonds. The van der Waals surface area contributed by atoms with Crippen LogP contribution in [0, 0.1) is 5.82 Å². The summed E-state index contributed by atoms with van der Waals surface area (Å²) < 4.78 is 43.0. The highest BCUT2D eigenvalue weighted by Gasteiger charge is 2.20. The van der Waals surface area contributed by atoms with Crippen molar-refractivity contribution < 1.29 is 27.8 Å². The van der Waals surface area contributed by atoms with Gasteiger partial charge in [0, 0.05) is 5.75 Å². The summed E-state index contributed by atoms with van der Waals surface area (Å²) in [6.45, 7) is -0.427. The molecule has 4 N–H and O–H groups in total. The molecule has 0 saturated carbocycles. The van der Waals surface area contributed by atoms with Crippen molar-refractivity contribution in [1.29, 1.82) is 0 Å². The van der Waals surface area contributed by atoms with Crippen LogP contribution in [-0.2, 0) is 10.0 Å². The van der Waals surface area contributed by atoms with Crippen LogP contribution in [0.3, 0.4) is 0 Å². The Labute approximate surface area is 166 Å². The third kappa shape index (κ3) is 6.51. The van der Waals surface area contributed by atoms with Gasteiger partial charge in [-0.2, -0.15) is 0 Å². The normalized spacial score (nSPS) is 13.6. The molecule has 14 heteroatoms. The van der Waals surface area contributed by atoms with E-state index < -0.39 is 28.5 Å². The SMILES string of the molecule is CS(=O)(=O)N[C@H](CO)CSc1nonc1C(=Nc1ccc(F)c(Br)c1)NO. The van der Waals surface area contributed by atoms with Gasteiger partial charge in [0.25, 0.3) is 0 Å².